The van der Waals surface area contributed by atoms with E-state index in [0.717, 1.165) is 13.0 Å². The highest BCUT2D eigenvalue weighted by Gasteiger charge is 2.26. The predicted molar refractivity (Wildman–Crippen MR) is 49.5 cm³/mol. The summed E-state index contributed by atoms with van der Waals surface area (Å²) >= 11 is 5.32. The van der Waals surface area contributed by atoms with Gasteiger partial charge in [0, 0.05) is 13.6 Å². The summed E-state index contributed by atoms with van der Waals surface area (Å²) in [5.74, 6) is -0.395. The molecule has 4 nitrogen and oxygen atoms in total. The van der Waals surface area contributed by atoms with Crippen LogP contribution in [0.4, 0.5) is 0 Å². The summed E-state index contributed by atoms with van der Waals surface area (Å²) in [4.78, 5) is 24.0. The molecule has 1 N–H and O–H groups in total. The van der Waals surface area contributed by atoms with Crippen LogP contribution < -0.4 is 5.32 Å². The molecule has 0 saturated carbocycles. The SMILES string of the molecule is CN1CCCC(NC(=O)CCl)C1=O. The molecule has 1 aliphatic rings. The number of halogens is 1. The van der Waals surface area contributed by atoms with Crippen molar-refractivity contribution in [3.05, 3.63) is 0 Å². The number of carbonyl (C=O) groups excluding carboxylic acids is 2. The largest absolute Gasteiger partial charge is 0.344 e. The molecule has 1 aliphatic heterocycles. The van der Waals surface area contributed by atoms with Gasteiger partial charge in [0.1, 0.15) is 11.9 Å². The van der Waals surface area contributed by atoms with Crippen molar-refractivity contribution >= 4 is 23.4 Å². The predicted octanol–water partition coefficient (Wildman–Crippen LogP) is -0.0378. The number of piperidine rings is 1. The molecule has 1 heterocycles. The zero-order valence-electron chi connectivity index (χ0n) is 7.55. The van der Waals surface area contributed by atoms with E-state index in [2.05, 4.69) is 5.32 Å². The van der Waals surface area contributed by atoms with Gasteiger partial charge in [-0.3, -0.25) is 9.59 Å². The van der Waals surface area contributed by atoms with Crippen molar-refractivity contribution in [1.82, 2.24) is 10.2 Å². The number of hydrogen-bond acceptors (Lipinski definition) is 2. The van der Waals surface area contributed by atoms with Crippen LogP contribution in [0, 0.1) is 0 Å². The quantitative estimate of drug-likeness (QED) is 0.642. The highest BCUT2D eigenvalue weighted by molar-refractivity contribution is 6.27. The number of hydrogen-bond donors (Lipinski definition) is 1. The summed E-state index contributed by atoms with van der Waals surface area (Å²) in [6, 6.07) is -0.370. The average molecular weight is 205 g/mol. The van der Waals surface area contributed by atoms with E-state index in [-0.39, 0.29) is 23.7 Å². The third-order valence-electron chi connectivity index (χ3n) is 2.12. The zero-order valence-corrected chi connectivity index (χ0v) is 8.30. The molecule has 2 amide bonds. The Balaban J connectivity index is 2.49. The van der Waals surface area contributed by atoms with Gasteiger partial charge in [-0.2, -0.15) is 0 Å². The van der Waals surface area contributed by atoms with Gasteiger partial charge < -0.3 is 10.2 Å². The molecule has 5 heteroatoms. The van der Waals surface area contributed by atoms with Crippen molar-refractivity contribution in [2.75, 3.05) is 19.5 Å². The van der Waals surface area contributed by atoms with Gasteiger partial charge in [0.05, 0.1) is 0 Å². The van der Waals surface area contributed by atoms with E-state index in [1.807, 2.05) is 0 Å². The Morgan fingerprint density at radius 3 is 3.08 bits per heavy atom. The number of nitrogens with one attached hydrogen (secondary N) is 1. The fourth-order valence-electron chi connectivity index (χ4n) is 1.40. The first-order valence-electron chi connectivity index (χ1n) is 4.25. The number of carbonyl (C=O) groups is 2. The molecule has 1 fully saturated rings. The minimum Gasteiger partial charge on any atom is -0.344 e. The lowest BCUT2D eigenvalue weighted by molar-refractivity contribution is -0.137. The molecule has 0 radical (unpaired) electrons. The average Bonchev–Trinajstić information content (AvgIpc) is 2.13. The lowest BCUT2D eigenvalue weighted by atomic mass is 10.1. The smallest absolute Gasteiger partial charge is 0.244 e. The van der Waals surface area contributed by atoms with Crippen molar-refractivity contribution in [1.29, 1.82) is 0 Å². The lowest BCUT2D eigenvalue weighted by Crippen LogP contribution is -2.51. The van der Waals surface area contributed by atoms with Crippen LogP contribution >= 0.6 is 11.6 Å². The molecular weight excluding hydrogens is 192 g/mol. The van der Waals surface area contributed by atoms with E-state index < -0.39 is 0 Å². The van der Waals surface area contributed by atoms with Crippen molar-refractivity contribution in [2.45, 2.75) is 18.9 Å². The molecule has 0 aliphatic carbocycles. The molecule has 13 heavy (non-hydrogen) atoms. The zero-order chi connectivity index (χ0) is 9.84. The molecule has 0 aromatic rings. The maximum atomic E-state index is 11.4. The Hall–Kier alpha value is -0.770. The first kappa shape index (κ1) is 10.3. The van der Waals surface area contributed by atoms with Gasteiger partial charge in [0.15, 0.2) is 0 Å². The van der Waals surface area contributed by atoms with Crippen LogP contribution in [0.15, 0.2) is 0 Å². The van der Waals surface area contributed by atoms with E-state index in [0.29, 0.717) is 6.42 Å². The van der Waals surface area contributed by atoms with Crippen LogP contribution in [-0.4, -0.2) is 42.2 Å². The first-order valence-corrected chi connectivity index (χ1v) is 4.79. The second-order valence-electron chi connectivity index (χ2n) is 3.16. The van der Waals surface area contributed by atoms with Gasteiger partial charge in [-0.05, 0) is 12.8 Å². The number of amides is 2. The van der Waals surface area contributed by atoms with E-state index >= 15 is 0 Å². The monoisotopic (exact) mass is 204 g/mol. The van der Waals surface area contributed by atoms with Gasteiger partial charge in [-0.25, -0.2) is 0 Å². The highest BCUT2D eigenvalue weighted by Crippen LogP contribution is 2.09. The normalized spacial score (nSPS) is 23.1. The molecule has 0 spiro atoms. The molecule has 0 aromatic heterocycles. The van der Waals surface area contributed by atoms with Gasteiger partial charge in [0.25, 0.3) is 0 Å². The molecule has 74 valence electrons. The second kappa shape index (κ2) is 4.46. The number of likely N-dealkylation sites (N-methyl/N-ethyl adjacent to an activating group) is 1. The fraction of sp³-hybridized carbons (Fsp3) is 0.750. The van der Waals surface area contributed by atoms with Gasteiger partial charge in [-0.15, -0.1) is 11.6 Å². The number of alkyl halides is 1. The number of rotatable bonds is 2. The molecular formula is C8H13ClN2O2. The van der Waals surface area contributed by atoms with Crippen LogP contribution in [0.2, 0.25) is 0 Å². The third-order valence-corrected chi connectivity index (χ3v) is 2.36. The Morgan fingerprint density at radius 2 is 2.46 bits per heavy atom. The summed E-state index contributed by atoms with van der Waals surface area (Å²) in [6.07, 6.45) is 1.64. The van der Waals surface area contributed by atoms with Crippen LogP contribution in [-0.2, 0) is 9.59 Å². The summed E-state index contributed by atoms with van der Waals surface area (Å²) in [6.45, 7) is 0.770. The van der Waals surface area contributed by atoms with Crippen molar-refractivity contribution in [2.24, 2.45) is 0 Å². The standard InChI is InChI=1S/C8H13ClN2O2/c1-11-4-2-3-6(8(11)13)10-7(12)5-9/h6H,2-5H2,1H3,(H,10,12). The highest BCUT2D eigenvalue weighted by atomic mass is 35.5. The lowest BCUT2D eigenvalue weighted by Gasteiger charge is -2.29. The van der Waals surface area contributed by atoms with Crippen molar-refractivity contribution in [3.63, 3.8) is 0 Å². The number of nitrogens with zero attached hydrogens (tertiary/aromatic N) is 1. The first-order chi connectivity index (χ1) is 6.15. The minimum atomic E-state index is -0.370. The van der Waals surface area contributed by atoms with Gasteiger partial charge in [-0.1, -0.05) is 0 Å². The fourth-order valence-corrected chi connectivity index (χ4v) is 1.48. The Kier molecular flexibility index (Phi) is 3.54. The molecule has 1 unspecified atom stereocenters. The molecule has 1 atom stereocenters. The Bertz CT molecular complexity index is 220. The Morgan fingerprint density at radius 1 is 1.77 bits per heavy atom. The molecule has 1 rings (SSSR count). The summed E-state index contributed by atoms with van der Waals surface area (Å²) in [5, 5.41) is 2.59. The maximum absolute atomic E-state index is 11.4. The van der Waals surface area contributed by atoms with E-state index in [1.54, 1.807) is 11.9 Å². The van der Waals surface area contributed by atoms with Crippen molar-refractivity contribution in [3.8, 4) is 0 Å². The summed E-state index contributed by atoms with van der Waals surface area (Å²) in [5.41, 5.74) is 0. The van der Waals surface area contributed by atoms with Crippen LogP contribution in [0.5, 0.6) is 0 Å². The second-order valence-corrected chi connectivity index (χ2v) is 3.42. The Labute approximate surface area is 82.2 Å². The maximum Gasteiger partial charge on any atom is 0.244 e. The van der Waals surface area contributed by atoms with Crippen LogP contribution in [0.25, 0.3) is 0 Å². The molecule has 0 aromatic carbocycles. The molecule has 0 bridgehead atoms. The van der Waals surface area contributed by atoms with Gasteiger partial charge >= 0.3 is 0 Å². The van der Waals surface area contributed by atoms with E-state index in [4.69, 9.17) is 11.6 Å². The van der Waals surface area contributed by atoms with Gasteiger partial charge in [0.2, 0.25) is 11.8 Å². The molecule has 1 saturated heterocycles. The minimum absolute atomic E-state index is 0.0234. The van der Waals surface area contributed by atoms with Crippen molar-refractivity contribution < 1.29 is 9.59 Å². The van der Waals surface area contributed by atoms with Crippen LogP contribution in [0.3, 0.4) is 0 Å². The number of likely N-dealkylation sites (tertiary alicyclic amines) is 1. The van der Waals surface area contributed by atoms with Crippen LogP contribution in [0.1, 0.15) is 12.8 Å². The van der Waals surface area contributed by atoms with E-state index in [1.165, 1.54) is 0 Å². The third kappa shape index (κ3) is 2.59. The summed E-state index contributed by atoms with van der Waals surface area (Å²) in [7, 11) is 1.74. The van der Waals surface area contributed by atoms with E-state index in [9.17, 15) is 9.59 Å². The summed E-state index contributed by atoms with van der Waals surface area (Å²) < 4.78 is 0. The topological polar surface area (TPSA) is 49.4 Å².